The van der Waals surface area contributed by atoms with Gasteiger partial charge in [0.1, 0.15) is 5.56 Å². The van der Waals surface area contributed by atoms with Crippen LogP contribution in [0.3, 0.4) is 0 Å². The zero-order valence-electron chi connectivity index (χ0n) is 15.3. The van der Waals surface area contributed by atoms with Crippen LogP contribution >= 0.6 is 0 Å². The predicted molar refractivity (Wildman–Crippen MR) is 107 cm³/mol. The Kier molecular flexibility index (Phi) is 4.83. The molecule has 2 heterocycles. The average Bonchev–Trinajstić information content (AvgIpc) is 2.73. The summed E-state index contributed by atoms with van der Waals surface area (Å²) in [6, 6.07) is 13.0. The third-order valence-corrected chi connectivity index (χ3v) is 4.60. The van der Waals surface area contributed by atoms with Crippen LogP contribution in [-0.4, -0.2) is 15.9 Å². The highest BCUT2D eigenvalue weighted by atomic mass is 19.4. The SMILES string of the molecule is O=C(Nc1ccc(C(F)(F)F)cc1)c1cc(-c2cncc3ccccc23)c[nH]c1=O. The molecule has 2 aromatic heterocycles. The van der Waals surface area contributed by atoms with Gasteiger partial charge >= 0.3 is 6.18 Å². The number of benzene rings is 2. The van der Waals surface area contributed by atoms with E-state index in [0.717, 1.165) is 40.6 Å². The van der Waals surface area contributed by atoms with E-state index in [1.54, 1.807) is 12.4 Å². The van der Waals surface area contributed by atoms with Crippen LogP contribution in [0.5, 0.6) is 0 Å². The number of pyridine rings is 2. The molecule has 0 aliphatic carbocycles. The largest absolute Gasteiger partial charge is 0.416 e. The number of carbonyl (C=O) groups is 1. The van der Waals surface area contributed by atoms with Crippen molar-refractivity contribution in [1.82, 2.24) is 9.97 Å². The van der Waals surface area contributed by atoms with Crippen LogP contribution in [0.2, 0.25) is 0 Å². The van der Waals surface area contributed by atoms with Crippen molar-refractivity contribution < 1.29 is 18.0 Å². The maximum Gasteiger partial charge on any atom is 0.416 e. The second-order valence-corrected chi connectivity index (χ2v) is 6.57. The highest BCUT2D eigenvalue weighted by Gasteiger charge is 2.30. The number of carbonyl (C=O) groups excluding carboxylic acids is 1. The van der Waals surface area contributed by atoms with Crippen molar-refractivity contribution in [2.45, 2.75) is 6.18 Å². The maximum atomic E-state index is 12.7. The third kappa shape index (κ3) is 3.80. The summed E-state index contributed by atoms with van der Waals surface area (Å²) >= 11 is 0. The first-order chi connectivity index (χ1) is 14.3. The molecular weight excluding hydrogens is 395 g/mol. The standard InChI is InChI=1S/C22H14F3N3O2/c23-22(24,25)15-5-7-16(8-6-15)28-21(30)18-9-14(11-27-20(18)29)19-12-26-10-13-3-1-2-4-17(13)19/h1-12H,(H,27,29)(H,28,30). The number of nitrogens with zero attached hydrogens (tertiary/aromatic N) is 1. The van der Waals surface area contributed by atoms with Crippen LogP contribution in [0.15, 0.2) is 78.0 Å². The number of nitrogens with one attached hydrogen (secondary N) is 2. The first-order valence-electron chi connectivity index (χ1n) is 8.87. The molecule has 30 heavy (non-hydrogen) atoms. The normalized spacial score (nSPS) is 11.4. The van der Waals surface area contributed by atoms with Gasteiger partial charge in [-0.25, -0.2) is 0 Å². The van der Waals surface area contributed by atoms with Gasteiger partial charge in [-0.15, -0.1) is 0 Å². The van der Waals surface area contributed by atoms with E-state index < -0.39 is 23.2 Å². The zero-order chi connectivity index (χ0) is 21.3. The number of hydrogen-bond acceptors (Lipinski definition) is 3. The molecule has 2 N–H and O–H groups in total. The minimum atomic E-state index is -4.47. The number of rotatable bonds is 3. The molecule has 4 aromatic rings. The zero-order valence-corrected chi connectivity index (χ0v) is 15.3. The van der Waals surface area contributed by atoms with E-state index in [9.17, 15) is 22.8 Å². The van der Waals surface area contributed by atoms with E-state index in [1.165, 1.54) is 12.3 Å². The lowest BCUT2D eigenvalue weighted by Gasteiger charge is -2.10. The number of aromatic amines is 1. The molecule has 0 fully saturated rings. The fourth-order valence-corrected chi connectivity index (χ4v) is 3.10. The third-order valence-electron chi connectivity index (χ3n) is 4.60. The molecule has 150 valence electrons. The molecule has 0 saturated heterocycles. The Morgan fingerprint density at radius 2 is 1.73 bits per heavy atom. The van der Waals surface area contributed by atoms with Crippen molar-refractivity contribution in [2.75, 3.05) is 5.32 Å². The minimum absolute atomic E-state index is 0.143. The number of H-pyrrole nitrogens is 1. The molecule has 0 atom stereocenters. The predicted octanol–water partition coefficient (Wildman–Crippen LogP) is 4.86. The molecule has 4 rings (SSSR count). The number of alkyl halides is 3. The summed E-state index contributed by atoms with van der Waals surface area (Å²) in [5.74, 6) is -0.731. The monoisotopic (exact) mass is 409 g/mol. The number of anilines is 1. The number of fused-ring (bicyclic) bond motifs is 1. The Balaban J connectivity index is 1.66. The summed E-state index contributed by atoms with van der Waals surface area (Å²) in [4.78, 5) is 31.5. The molecule has 0 bridgehead atoms. The van der Waals surface area contributed by atoms with Gasteiger partial charge in [0.25, 0.3) is 11.5 Å². The molecule has 1 amide bonds. The average molecular weight is 409 g/mol. The van der Waals surface area contributed by atoms with Gasteiger partial charge in [0, 0.05) is 40.8 Å². The summed E-state index contributed by atoms with van der Waals surface area (Å²) in [6.07, 6.45) is 0.359. The van der Waals surface area contributed by atoms with Gasteiger partial charge < -0.3 is 10.3 Å². The van der Waals surface area contributed by atoms with E-state index in [2.05, 4.69) is 15.3 Å². The van der Waals surface area contributed by atoms with Crippen LogP contribution in [-0.2, 0) is 6.18 Å². The van der Waals surface area contributed by atoms with E-state index in [-0.39, 0.29) is 11.3 Å². The fraction of sp³-hybridized carbons (Fsp3) is 0.0455. The molecule has 5 nitrogen and oxygen atoms in total. The highest BCUT2D eigenvalue weighted by molar-refractivity contribution is 6.05. The van der Waals surface area contributed by atoms with Crippen molar-refractivity contribution in [3.05, 3.63) is 94.7 Å². The fourth-order valence-electron chi connectivity index (χ4n) is 3.10. The van der Waals surface area contributed by atoms with Gasteiger partial charge in [-0.05, 0) is 35.7 Å². The van der Waals surface area contributed by atoms with Crippen LogP contribution in [0.1, 0.15) is 15.9 Å². The lowest BCUT2D eigenvalue weighted by atomic mass is 10.0. The molecule has 0 spiro atoms. The Bertz CT molecular complexity index is 1290. The quantitative estimate of drug-likeness (QED) is 0.507. The number of hydrogen-bond donors (Lipinski definition) is 2. The van der Waals surface area contributed by atoms with E-state index in [4.69, 9.17) is 0 Å². The van der Waals surface area contributed by atoms with Gasteiger partial charge in [-0.1, -0.05) is 24.3 Å². The topological polar surface area (TPSA) is 74.8 Å². The number of amides is 1. The Labute approximate surface area is 168 Å². The first kappa shape index (κ1) is 19.4. The number of halogens is 3. The number of aromatic nitrogens is 2. The summed E-state index contributed by atoms with van der Waals surface area (Å²) < 4.78 is 38.0. The summed E-state index contributed by atoms with van der Waals surface area (Å²) in [5, 5.41) is 4.25. The Morgan fingerprint density at radius 3 is 2.47 bits per heavy atom. The molecule has 0 aliphatic rings. The van der Waals surface area contributed by atoms with E-state index in [1.807, 2.05) is 24.3 Å². The van der Waals surface area contributed by atoms with Crippen molar-refractivity contribution >= 4 is 22.4 Å². The molecule has 0 unspecified atom stereocenters. The van der Waals surface area contributed by atoms with Crippen molar-refractivity contribution in [3.8, 4) is 11.1 Å². The van der Waals surface area contributed by atoms with Crippen molar-refractivity contribution in [1.29, 1.82) is 0 Å². The molecular formula is C22H14F3N3O2. The summed E-state index contributed by atoms with van der Waals surface area (Å²) in [5.41, 5.74) is -0.158. The molecule has 2 aromatic carbocycles. The van der Waals surface area contributed by atoms with Gasteiger partial charge in [0.2, 0.25) is 0 Å². The molecule has 8 heteroatoms. The first-order valence-corrected chi connectivity index (χ1v) is 8.87. The molecule has 0 radical (unpaired) electrons. The lowest BCUT2D eigenvalue weighted by molar-refractivity contribution is -0.137. The van der Waals surface area contributed by atoms with Gasteiger partial charge in [-0.3, -0.25) is 14.6 Å². The van der Waals surface area contributed by atoms with Crippen LogP contribution in [0.4, 0.5) is 18.9 Å². The summed E-state index contributed by atoms with van der Waals surface area (Å²) in [7, 11) is 0. The smallest absolute Gasteiger partial charge is 0.328 e. The Hall–Kier alpha value is -3.94. The van der Waals surface area contributed by atoms with Crippen LogP contribution < -0.4 is 10.9 Å². The molecule has 0 aliphatic heterocycles. The lowest BCUT2D eigenvalue weighted by Crippen LogP contribution is -2.23. The molecule has 0 saturated carbocycles. The van der Waals surface area contributed by atoms with Crippen LogP contribution in [0, 0.1) is 0 Å². The maximum absolute atomic E-state index is 12.7. The van der Waals surface area contributed by atoms with E-state index in [0.29, 0.717) is 5.56 Å². The summed E-state index contributed by atoms with van der Waals surface area (Å²) in [6.45, 7) is 0. The van der Waals surface area contributed by atoms with Gasteiger partial charge in [0.05, 0.1) is 5.56 Å². The Morgan fingerprint density at radius 1 is 1.00 bits per heavy atom. The minimum Gasteiger partial charge on any atom is -0.328 e. The van der Waals surface area contributed by atoms with Crippen molar-refractivity contribution in [3.63, 3.8) is 0 Å². The van der Waals surface area contributed by atoms with E-state index >= 15 is 0 Å². The highest BCUT2D eigenvalue weighted by Crippen LogP contribution is 2.30. The second kappa shape index (κ2) is 7.47. The van der Waals surface area contributed by atoms with Crippen LogP contribution in [0.25, 0.3) is 21.9 Å². The van der Waals surface area contributed by atoms with Gasteiger partial charge in [-0.2, -0.15) is 13.2 Å². The van der Waals surface area contributed by atoms with Gasteiger partial charge in [0.15, 0.2) is 0 Å². The second-order valence-electron chi connectivity index (χ2n) is 6.57. The van der Waals surface area contributed by atoms with Crippen molar-refractivity contribution in [2.24, 2.45) is 0 Å².